The fraction of sp³-hybridized carbons (Fsp3) is 0.300. The zero-order valence-electron chi connectivity index (χ0n) is 7.97. The van der Waals surface area contributed by atoms with Crippen LogP contribution in [0.1, 0.15) is 24.6 Å². The van der Waals surface area contributed by atoms with Crippen molar-refractivity contribution in [3.63, 3.8) is 0 Å². The summed E-state index contributed by atoms with van der Waals surface area (Å²) in [6.45, 7) is 0. The number of hydrogen-bond acceptors (Lipinski definition) is 3. The maximum atomic E-state index is 4.08. The van der Waals surface area contributed by atoms with Crippen LogP contribution in [0, 0.1) is 3.57 Å². The summed E-state index contributed by atoms with van der Waals surface area (Å²) < 4.78 is 3.04. The molecule has 0 atom stereocenters. The van der Waals surface area contributed by atoms with E-state index < -0.39 is 0 Å². The van der Waals surface area contributed by atoms with Crippen molar-refractivity contribution >= 4 is 22.6 Å². The minimum absolute atomic E-state index is 0.567. The first kappa shape index (κ1) is 9.26. The summed E-state index contributed by atoms with van der Waals surface area (Å²) >= 11 is 2.29. The summed E-state index contributed by atoms with van der Waals surface area (Å²) in [7, 11) is 0. The highest BCUT2D eigenvalue weighted by Gasteiger charge is 2.29. The summed E-state index contributed by atoms with van der Waals surface area (Å²) in [5.41, 5.74) is 1.05. The van der Waals surface area contributed by atoms with Crippen LogP contribution in [-0.4, -0.2) is 20.2 Å². The van der Waals surface area contributed by atoms with E-state index in [1.165, 1.54) is 16.4 Å². The zero-order valence-corrected chi connectivity index (χ0v) is 10.1. The molecule has 15 heavy (non-hydrogen) atoms. The van der Waals surface area contributed by atoms with E-state index in [0.29, 0.717) is 5.92 Å². The van der Waals surface area contributed by atoms with E-state index in [1.807, 2.05) is 16.8 Å². The van der Waals surface area contributed by atoms with Gasteiger partial charge in [0.05, 0.1) is 5.69 Å². The predicted molar refractivity (Wildman–Crippen MR) is 63.8 cm³/mol. The summed E-state index contributed by atoms with van der Waals surface area (Å²) in [6.07, 6.45) is 2.43. The Hall–Kier alpha value is -0.980. The predicted octanol–water partition coefficient (Wildman–Crippen LogP) is 2.14. The summed E-state index contributed by atoms with van der Waals surface area (Å²) in [6, 6.07) is 8.20. The van der Waals surface area contributed by atoms with Crippen LogP contribution in [0.25, 0.3) is 5.69 Å². The van der Waals surface area contributed by atoms with Crippen molar-refractivity contribution in [1.82, 2.24) is 20.2 Å². The van der Waals surface area contributed by atoms with Crippen LogP contribution >= 0.6 is 22.6 Å². The van der Waals surface area contributed by atoms with E-state index in [1.54, 1.807) is 0 Å². The van der Waals surface area contributed by atoms with Gasteiger partial charge in [0.25, 0.3) is 0 Å². The highest BCUT2D eigenvalue weighted by Crippen LogP contribution is 2.39. The Labute approximate surface area is 101 Å². The van der Waals surface area contributed by atoms with Gasteiger partial charge in [-0.3, -0.25) is 0 Å². The molecule has 76 valence electrons. The first-order chi connectivity index (χ1) is 7.34. The quantitative estimate of drug-likeness (QED) is 0.798. The molecule has 1 saturated carbocycles. The van der Waals surface area contributed by atoms with Gasteiger partial charge >= 0.3 is 0 Å². The number of hydrogen-bond donors (Lipinski definition) is 0. The lowest BCUT2D eigenvalue weighted by Crippen LogP contribution is -2.02. The number of nitrogens with zero attached hydrogens (tertiary/aromatic N) is 4. The van der Waals surface area contributed by atoms with Gasteiger partial charge in [-0.1, -0.05) is 6.07 Å². The molecule has 0 unspecified atom stereocenters. The molecule has 0 amide bonds. The Balaban J connectivity index is 2.07. The van der Waals surface area contributed by atoms with Gasteiger partial charge in [-0.05, 0) is 64.1 Å². The van der Waals surface area contributed by atoms with Gasteiger partial charge in [-0.15, -0.1) is 5.10 Å². The molecule has 4 nitrogen and oxygen atoms in total. The van der Waals surface area contributed by atoms with Crippen molar-refractivity contribution in [2.75, 3.05) is 0 Å². The van der Waals surface area contributed by atoms with Crippen LogP contribution in [0.2, 0.25) is 0 Å². The van der Waals surface area contributed by atoms with Crippen LogP contribution < -0.4 is 0 Å². The van der Waals surface area contributed by atoms with Gasteiger partial charge in [0.2, 0.25) is 0 Å². The van der Waals surface area contributed by atoms with Gasteiger partial charge < -0.3 is 0 Å². The van der Waals surface area contributed by atoms with Crippen LogP contribution in [0.5, 0.6) is 0 Å². The molecule has 2 aromatic rings. The normalized spacial score (nSPS) is 15.5. The second-order valence-electron chi connectivity index (χ2n) is 3.70. The molecule has 3 rings (SSSR count). The molecule has 1 aromatic heterocycles. The summed E-state index contributed by atoms with van der Waals surface area (Å²) in [4.78, 5) is 0. The average molecular weight is 312 g/mol. The van der Waals surface area contributed by atoms with E-state index in [4.69, 9.17) is 0 Å². The van der Waals surface area contributed by atoms with Gasteiger partial charge in [0.1, 0.15) is 0 Å². The Morgan fingerprint density at radius 3 is 2.93 bits per heavy atom. The van der Waals surface area contributed by atoms with Crippen molar-refractivity contribution < 1.29 is 0 Å². The van der Waals surface area contributed by atoms with Crippen LogP contribution in [0.15, 0.2) is 24.3 Å². The first-order valence-corrected chi connectivity index (χ1v) is 5.97. The van der Waals surface area contributed by atoms with Gasteiger partial charge in [-0.2, -0.15) is 4.68 Å². The molecule has 0 radical (unpaired) electrons. The third-order valence-electron chi connectivity index (χ3n) is 2.49. The minimum Gasteiger partial charge on any atom is -0.197 e. The number of rotatable bonds is 2. The lowest BCUT2D eigenvalue weighted by Gasteiger charge is -2.03. The Kier molecular flexibility index (Phi) is 2.19. The highest BCUT2D eigenvalue weighted by atomic mass is 127. The van der Waals surface area contributed by atoms with Crippen LogP contribution in [0.4, 0.5) is 0 Å². The second kappa shape index (κ2) is 3.55. The molecule has 5 heteroatoms. The topological polar surface area (TPSA) is 43.6 Å². The number of halogens is 1. The Morgan fingerprint density at radius 2 is 2.20 bits per heavy atom. The Bertz CT molecular complexity index is 490. The van der Waals surface area contributed by atoms with Gasteiger partial charge in [-0.25, -0.2) is 0 Å². The molecular weight excluding hydrogens is 303 g/mol. The SMILES string of the molecule is Ic1cccc(-n2nnnc2C2CC2)c1. The van der Waals surface area contributed by atoms with Crippen molar-refractivity contribution in [3.8, 4) is 5.69 Å². The molecule has 1 aliphatic carbocycles. The molecule has 0 aliphatic heterocycles. The zero-order chi connectivity index (χ0) is 10.3. The van der Waals surface area contributed by atoms with E-state index in [-0.39, 0.29) is 0 Å². The first-order valence-electron chi connectivity index (χ1n) is 4.89. The standard InChI is InChI=1S/C10H9IN4/c11-8-2-1-3-9(6-8)15-10(7-4-5-7)12-13-14-15/h1-3,6-7H,4-5H2. The van der Waals surface area contributed by atoms with E-state index in [0.717, 1.165) is 11.5 Å². The lowest BCUT2D eigenvalue weighted by atomic mass is 10.3. The molecule has 0 N–H and O–H groups in total. The van der Waals surface area contributed by atoms with E-state index in [2.05, 4.69) is 50.2 Å². The van der Waals surface area contributed by atoms with Crippen molar-refractivity contribution in [2.45, 2.75) is 18.8 Å². The van der Waals surface area contributed by atoms with Crippen LogP contribution in [-0.2, 0) is 0 Å². The third kappa shape index (κ3) is 1.75. The molecule has 0 spiro atoms. The fourth-order valence-corrected chi connectivity index (χ4v) is 2.11. The molecule has 1 fully saturated rings. The third-order valence-corrected chi connectivity index (χ3v) is 3.16. The van der Waals surface area contributed by atoms with E-state index in [9.17, 15) is 0 Å². The number of aromatic nitrogens is 4. The second-order valence-corrected chi connectivity index (χ2v) is 4.95. The number of benzene rings is 1. The molecule has 0 bridgehead atoms. The monoisotopic (exact) mass is 312 g/mol. The minimum atomic E-state index is 0.567. The highest BCUT2D eigenvalue weighted by molar-refractivity contribution is 14.1. The van der Waals surface area contributed by atoms with Crippen LogP contribution in [0.3, 0.4) is 0 Å². The molecule has 0 saturated heterocycles. The van der Waals surface area contributed by atoms with Gasteiger partial charge in [0, 0.05) is 9.49 Å². The van der Waals surface area contributed by atoms with Crippen molar-refractivity contribution in [2.24, 2.45) is 0 Å². The van der Waals surface area contributed by atoms with Crippen molar-refractivity contribution in [1.29, 1.82) is 0 Å². The average Bonchev–Trinajstić information content (AvgIpc) is 2.96. The fourth-order valence-electron chi connectivity index (χ4n) is 1.58. The smallest absolute Gasteiger partial charge is 0.159 e. The molecule has 1 aromatic carbocycles. The largest absolute Gasteiger partial charge is 0.197 e. The molecule has 1 heterocycles. The number of tetrazole rings is 1. The molecule has 1 aliphatic rings. The van der Waals surface area contributed by atoms with E-state index >= 15 is 0 Å². The Morgan fingerprint density at radius 1 is 1.33 bits per heavy atom. The van der Waals surface area contributed by atoms with Gasteiger partial charge in [0.15, 0.2) is 5.82 Å². The lowest BCUT2D eigenvalue weighted by molar-refractivity contribution is 0.763. The molecular formula is C10H9IN4. The maximum absolute atomic E-state index is 4.08. The summed E-state index contributed by atoms with van der Waals surface area (Å²) in [5, 5.41) is 11.9. The van der Waals surface area contributed by atoms with Crippen molar-refractivity contribution in [3.05, 3.63) is 33.7 Å². The maximum Gasteiger partial charge on any atom is 0.159 e. The summed E-state index contributed by atoms with van der Waals surface area (Å²) in [5.74, 6) is 1.56.